The molecule has 7 heteroatoms. The minimum Gasteiger partial charge on any atom is -0.348 e. The van der Waals surface area contributed by atoms with Crippen molar-refractivity contribution < 1.29 is 13.2 Å². The zero-order valence-corrected chi connectivity index (χ0v) is 13.7. The van der Waals surface area contributed by atoms with E-state index in [1.165, 1.54) is 18.0 Å². The number of benzene rings is 1. The van der Waals surface area contributed by atoms with Crippen molar-refractivity contribution in [2.45, 2.75) is 11.8 Å². The fraction of sp³-hybridized carbons (Fsp3) is 0.417. The van der Waals surface area contributed by atoms with Crippen molar-refractivity contribution in [1.29, 1.82) is 0 Å². The van der Waals surface area contributed by atoms with Gasteiger partial charge in [-0.1, -0.05) is 15.9 Å². The van der Waals surface area contributed by atoms with Gasteiger partial charge in [0.1, 0.15) is 0 Å². The maximum absolute atomic E-state index is 12.3. The van der Waals surface area contributed by atoms with Gasteiger partial charge in [0.25, 0.3) is 0 Å². The molecule has 0 aliphatic rings. The monoisotopic (exact) mass is 348 g/mol. The van der Waals surface area contributed by atoms with Crippen LogP contribution in [0.2, 0.25) is 0 Å². The first-order chi connectivity index (χ1) is 8.66. The number of carbonyl (C=O) groups is 1. The minimum absolute atomic E-state index is 0.176. The van der Waals surface area contributed by atoms with E-state index >= 15 is 0 Å². The van der Waals surface area contributed by atoms with Crippen molar-refractivity contribution >= 4 is 31.9 Å². The zero-order valence-electron chi connectivity index (χ0n) is 11.3. The summed E-state index contributed by atoms with van der Waals surface area (Å²) in [4.78, 5) is 13.1. The summed E-state index contributed by atoms with van der Waals surface area (Å²) in [7, 11) is 0.935. The molecule has 0 saturated carbocycles. The Bertz CT molecular complexity index is 585. The quantitative estimate of drug-likeness (QED) is 0.827. The van der Waals surface area contributed by atoms with Crippen LogP contribution in [0.15, 0.2) is 27.6 Å². The lowest BCUT2D eigenvalue weighted by Gasteiger charge is -2.19. The van der Waals surface area contributed by atoms with Crippen LogP contribution < -0.4 is 0 Å². The van der Waals surface area contributed by atoms with E-state index in [2.05, 4.69) is 15.9 Å². The maximum atomic E-state index is 12.3. The Morgan fingerprint density at radius 2 is 1.84 bits per heavy atom. The zero-order chi connectivity index (χ0) is 14.8. The van der Waals surface area contributed by atoms with Crippen LogP contribution in [-0.2, 0) is 14.8 Å². The molecule has 1 aromatic carbocycles. The number of rotatable bonds is 4. The number of hydrogen-bond acceptors (Lipinski definition) is 3. The van der Waals surface area contributed by atoms with Gasteiger partial charge < -0.3 is 4.90 Å². The van der Waals surface area contributed by atoms with Crippen LogP contribution in [0.25, 0.3) is 0 Å². The molecule has 0 fully saturated rings. The molecule has 1 aromatic rings. The Hall–Kier alpha value is -0.920. The highest BCUT2D eigenvalue weighted by atomic mass is 79.9. The third kappa shape index (κ3) is 3.77. The molecular weight excluding hydrogens is 332 g/mol. The summed E-state index contributed by atoms with van der Waals surface area (Å²) in [5, 5.41) is 0. The molecule has 0 N–H and O–H groups in total. The Morgan fingerprint density at radius 3 is 2.32 bits per heavy atom. The Morgan fingerprint density at radius 1 is 1.26 bits per heavy atom. The van der Waals surface area contributed by atoms with Gasteiger partial charge in [-0.15, -0.1) is 0 Å². The van der Waals surface area contributed by atoms with Crippen molar-refractivity contribution in [2.24, 2.45) is 0 Å². The molecule has 0 atom stereocenters. The highest BCUT2D eigenvalue weighted by Gasteiger charge is 2.23. The second-order valence-electron chi connectivity index (χ2n) is 4.46. The van der Waals surface area contributed by atoms with E-state index in [0.29, 0.717) is 0 Å². The molecule has 0 aliphatic carbocycles. The molecule has 0 heterocycles. The number of amides is 1. The van der Waals surface area contributed by atoms with E-state index in [-0.39, 0.29) is 17.3 Å². The molecule has 0 radical (unpaired) electrons. The molecule has 1 rings (SSSR count). The van der Waals surface area contributed by atoms with E-state index in [4.69, 9.17) is 0 Å². The van der Waals surface area contributed by atoms with Crippen LogP contribution in [0.3, 0.4) is 0 Å². The van der Waals surface area contributed by atoms with Gasteiger partial charge in [0.05, 0.1) is 11.4 Å². The number of likely N-dealkylation sites (N-methyl/N-ethyl adjacent to an activating group) is 2. The van der Waals surface area contributed by atoms with E-state index in [1.807, 2.05) is 6.92 Å². The standard InChI is InChI=1S/C12H17BrN2O3S/c1-9-7-10(5-6-11(9)13)19(17,18)15(4)8-12(16)14(2)3/h5-7H,8H2,1-4H3. The number of aryl methyl sites for hydroxylation is 1. The SMILES string of the molecule is Cc1cc(S(=O)(=O)N(C)CC(=O)N(C)C)ccc1Br. The molecule has 0 unspecified atom stereocenters. The van der Waals surface area contributed by atoms with Gasteiger partial charge in [0, 0.05) is 25.6 Å². The van der Waals surface area contributed by atoms with Crippen LogP contribution in [-0.4, -0.2) is 51.2 Å². The lowest BCUT2D eigenvalue weighted by molar-refractivity contribution is -0.128. The molecule has 106 valence electrons. The van der Waals surface area contributed by atoms with Crippen LogP contribution in [0.5, 0.6) is 0 Å². The number of sulfonamides is 1. The van der Waals surface area contributed by atoms with Gasteiger partial charge in [-0.25, -0.2) is 8.42 Å². The number of hydrogen-bond donors (Lipinski definition) is 0. The summed E-state index contributed by atoms with van der Waals surface area (Å²) in [5.74, 6) is -0.264. The average Bonchev–Trinajstić information content (AvgIpc) is 2.32. The summed E-state index contributed by atoms with van der Waals surface area (Å²) in [6, 6.07) is 4.78. The average molecular weight is 349 g/mol. The first-order valence-corrected chi connectivity index (χ1v) is 7.82. The Labute approximate surface area is 122 Å². The van der Waals surface area contributed by atoms with E-state index < -0.39 is 10.0 Å². The molecule has 0 aromatic heterocycles. The fourth-order valence-corrected chi connectivity index (χ4v) is 2.83. The lowest BCUT2D eigenvalue weighted by atomic mass is 10.2. The van der Waals surface area contributed by atoms with Gasteiger partial charge in [-0.2, -0.15) is 4.31 Å². The van der Waals surface area contributed by atoms with Crippen molar-refractivity contribution in [3.05, 3.63) is 28.2 Å². The first kappa shape index (κ1) is 16.1. The van der Waals surface area contributed by atoms with Gasteiger partial charge in [-0.3, -0.25) is 4.79 Å². The molecule has 1 amide bonds. The second kappa shape index (κ2) is 6.02. The Kier molecular flexibility index (Phi) is 5.11. The molecule has 0 saturated heterocycles. The van der Waals surface area contributed by atoms with Crippen molar-refractivity contribution in [2.75, 3.05) is 27.7 Å². The van der Waals surface area contributed by atoms with Crippen LogP contribution >= 0.6 is 15.9 Å². The maximum Gasteiger partial charge on any atom is 0.243 e. The fourth-order valence-electron chi connectivity index (χ4n) is 1.37. The Balaban J connectivity index is 3.03. The molecule has 0 aliphatic heterocycles. The van der Waals surface area contributed by atoms with E-state index in [0.717, 1.165) is 14.3 Å². The van der Waals surface area contributed by atoms with Gasteiger partial charge in [0.15, 0.2) is 0 Å². The van der Waals surface area contributed by atoms with Gasteiger partial charge in [0.2, 0.25) is 15.9 Å². The number of nitrogens with zero attached hydrogens (tertiary/aromatic N) is 2. The third-order valence-electron chi connectivity index (χ3n) is 2.69. The van der Waals surface area contributed by atoms with Gasteiger partial charge >= 0.3 is 0 Å². The highest BCUT2D eigenvalue weighted by molar-refractivity contribution is 9.10. The summed E-state index contributed by atoms with van der Waals surface area (Å²) in [5.41, 5.74) is 0.827. The molecule has 5 nitrogen and oxygen atoms in total. The lowest BCUT2D eigenvalue weighted by Crippen LogP contribution is -2.37. The summed E-state index contributed by atoms with van der Waals surface area (Å²) >= 11 is 3.32. The van der Waals surface area contributed by atoms with E-state index in [9.17, 15) is 13.2 Å². The normalized spacial score (nSPS) is 11.7. The summed E-state index contributed by atoms with van der Waals surface area (Å²) in [6.07, 6.45) is 0. The summed E-state index contributed by atoms with van der Waals surface area (Å²) in [6.45, 7) is 1.64. The van der Waals surface area contributed by atoms with Crippen LogP contribution in [0.1, 0.15) is 5.56 Å². The van der Waals surface area contributed by atoms with Crippen LogP contribution in [0, 0.1) is 6.92 Å². The predicted molar refractivity (Wildman–Crippen MR) is 77.4 cm³/mol. The van der Waals surface area contributed by atoms with Crippen LogP contribution in [0.4, 0.5) is 0 Å². The molecule has 19 heavy (non-hydrogen) atoms. The first-order valence-electron chi connectivity index (χ1n) is 5.59. The topological polar surface area (TPSA) is 57.7 Å². The largest absolute Gasteiger partial charge is 0.348 e. The predicted octanol–water partition coefficient (Wildman–Crippen LogP) is 1.47. The molecular formula is C12H17BrN2O3S. The number of halogens is 1. The summed E-state index contributed by atoms with van der Waals surface area (Å²) < 4.78 is 26.5. The van der Waals surface area contributed by atoms with Crippen molar-refractivity contribution in [1.82, 2.24) is 9.21 Å². The third-order valence-corrected chi connectivity index (χ3v) is 5.38. The van der Waals surface area contributed by atoms with Gasteiger partial charge in [-0.05, 0) is 30.7 Å². The molecule has 0 bridgehead atoms. The van der Waals surface area contributed by atoms with E-state index in [1.54, 1.807) is 26.2 Å². The smallest absolute Gasteiger partial charge is 0.243 e. The minimum atomic E-state index is -3.64. The van der Waals surface area contributed by atoms with Crippen molar-refractivity contribution in [3.63, 3.8) is 0 Å². The highest BCUT2D eigenvalue weighted by Crippen LogP contribution is 2.21. The molecule has 0 spiro atoms. The second-order valence-corrected chi connectivity index (χ2v) is 7.36. The number of carbonyl (C=O) groups excluding carboxylic acids is 1. The van der Waals surface area contributed by atoms with Crippen molar-refractivity contribution in [3.8, 4) is 0 Å².